The smallest absolute Gasteiger partial charge is 0.337 e. The molecule has 2 aromatic carbocycles. The zero-order valence-corrected chi connectivity index (χ0v) is 28.2. The van der Waals surface area contributed by atoms with Gasteiger partial charge in [-0.1, -0.05) is 36.4 Å². The molecule has 4 aromatic heterocycles. The van der Waals surface area contributed by atoms with Crippen molar-refractivity contribution < 1.29 is 13.5 Å². The fourth-order valence-electron chi connectivity index (χ4n) is 7.47. The molecule has 0 spiro atoms. The predicted molar refractivity (Wildman–Crippen MR) is 191 cm³/mol. The molecule has 1 aliphatic heterocycles. The average molecular weight is 692 g/mol. The summed E-state index contributed by atoms with van der Waals surface area (Å²) in [5.41, 5.74) is 4.24. The van der Waals surface area contributed by atoms with Crippen LogP contribution < -0.4 is 16.6 Å². The van der Waals surface area contributed by atoms with Crippen LogP contribution in [0.5, 0.6) is 0 Å². The van der Waals surface area contributed by atoms with E-state index in [1.165, 1.54) is 33.0 Å². The molecule has 0 radical (unpaired) electrons. The van der Waals surface area contributed by atoms with Crippen LogP contribution in [0.4, 0.5) is 8.78 Å². The zero-order chi connectivity index (χ0) is 34.9. The van der Waals surface area contributed by atoms with Gasteiger partial charge in [0.1, 0.15) is 17.3 Å². The molecule has 10 nitrogen and oxygen atoms in total. The summed E-state index contributed by atoms with van der Waals surface area (Å²) in [7, 11) is 0. The van der Waals surface area contributed by atoms with Gasteiger partial charge in [0, 0.05) is 57.3 Å². The number of aromatic nitrogens is 5. The second-order valence-corrected chi connectivity index (χ2v) is 13.5. The first-order valence-corrected chi connectivity index (χ1v) is 17.6. The lowest BCUT2D eigenvalue weighted by Gasteiger charge is -2.30. The van der Waals surface area contributed by atoms with Crippen LogP contribution in [0.3, 0.4) is 0 Å². The number of rotatable bonds is 8. The third kappa shape index (κ3) is 6.99. The maximum atomic E-state index is 14.5. The largest absolute Gasteiger partial charge is 0.380 e. The molecule has 0 unspecified atom stereocenters. The van der Waals surface area contributed by atoms with Gasteiger partial charge >= 0.3 is 5.69 Å². The molecule has 8 rings (SSSR count). The Morgan fingerprint density at radius 3 is 2.55 bits per heavy atom. The monoisotopic (exact) mass is 691 g/mol. The first-order valence-electron chi connectivity index (χ1n) is 17.6. The van der Waals surface area contributed by atoms with Crippen LogP contribution in [-0.2, 0) is 17.8 Å². The Morgan fingerprint density at radius 1 is 0.863 bits per heavy atom. The van der Waals surface area contributed by atoms with E-state index in [1.807, 2.05) is 24.3 Å². The molecule has 262 valence electrons. The fourth-order valence-corrected chi connectivity index (χ4v) is 7.47. The third-order valence-electron chi connectivity index (χ3n) is 10.1. The standard InChI is InChI=1S/C39H39F2N7O3/c40-29-9-14-36-44-32(25-46(36)24-29)22-42-31-10-12-33(13-11-31)48-38(49)35-20-30(41)21-43-37(35)47(39(48)50)34-4-1-3-28(19-34)27-7-5-26(6-8-27)23-45-15-2-17-51-18-16-45/h1,3-9,14,19-21,24-25,31,33,42H,2,10-13,15-18,22-23H2. The van der Waals surface area contributed by atoms with Crippen LogP contribution >= 0.6 is 0 Å². The molecule has 0 bridgehead atoms. The van der Waals surface area contributed by atoms with E-state index >= 15 is 0 Å². The highest BCUT2D eigenvalue weighted by atomic mass is 19.1. The van der Waals surface area contributed by atoms with E-state index in [-0.39, 0.29) is 28.9 Å². The van der Waals surface area contributed by atoms with Crippen molar-refractivity contribution in [1.82, 2.24) is 33.7 Å². The molecule has 1 aliphatic carbocycles. The summed E-state index contributed by atoms with van der Waals surface area (Å²) in [6.07, 6.45) is 7.92. The van der Waals surface area contributed by atoms with Crippen molar-refractivity contribution in [3.63, 3.8) is 0 Å². The lowest BCUT2D eigenvalue weighted by Crippen LogP contribution is -2.44. The van der Waals surface area contributed by atoms with Crippen molar-refractivity contribution in [3.8, 4) is 16.8 Å². The van der Waals surface area contributed by atoms with Crippen LogP contribution in [0.2, 0.25) is 0 Å². The summed E-state index contributed by atoms with van der Waals surface area (Å²) >= 11 is 0. The average Bonchev–Trinajstić information content (AvgIpc) is 3.37. The Balaban J connectivity index is 1.04. The van der Waals surface area contributed by atoms with Crippen LogP contribution in [0, 0.1) is 11.6 Å². The van der Waals surface area contributed by atoms with E-state index in [0.29, 0.717) is 30.7 Å². The minimum atomic E-state index is -0.638. The number of nitrogens with zero attached hydrogens (tertiary/aromatic N) is 6. The second kappa shape index (κ2) is 14.3. The van der Waals surface area contributed by atoms with Gasteiger partial charge in [0.2, 0.25) is 0 Å². The van der Waals surface area contributed by atoms with Crippen molar-refractivity contribution in [2.24, 2.45) is 0 Å². The van der Waals surface area contributed by atoms with Gasteiger partial charge in [0.25, 0.3) is 5.56 Å². The van der Waals surface area contributed by atoms with Gasteiger partial charge in [-0.2, -0.15) is 0 Å². The molecule has 1 saturated heterocycles. The van der Waals surface area contributed by atoms with Gasteiger partial charge in [0.15, 0.2) is 5.65 Å². The number of halogens is 2. The number of benzene rings is 2. The molecule has 2 aliphatic rings. The summed E-state index contributed by atoms with van der Waals surface area (Å²) in [6, 6.07) is 20.0. The first kappa shape index (κ1) is 33.1. The number of ether oxygens (including phenoxy) is 1. The van der Waals surface area contributed by atoms with E-state index in [9.17, 15) is 18.4 Å². The Morgan fingerprint density at radius 2 is 1.71 bits per heavy atom. The summed E-state index contributed by atoms with van der Waals surface area (Å²) in [6.45, 7) is 4.86. The van der Waals surface area contributed by atoms with Crippen LogP contribution in [0.1, 0.15) is 49.4 Å². The van der Waals surface area contributed by atoms with Crippen LogP contribution in [0.15, 0.2) is 94.9 Å². The van der Waals surface area contributed by atoms with Crippen LogP contribution in [-0.4, -0.2) is 60.7 Å². The molecular formula is C39H39F2N7O3. The van der Waals surface area contributed by atoms with Crippen LogP contribution in [0.25, 0.3) is 33.5 Å². The molecule has 2 fully saturated rings. The maximum absolute atomic E-state index is 14.5. The summed E-state index contributed by atoms with van der Waals surface area (Å²) in [4.78, 5) is 39.4. The van der Waals surface area contributed by atoms with E-state index in [2.05, 4.69) is 44.5 Å². The van der Waals surface area contributed by atoms with Gasteiger partial charge in [-0.15, -0.1) is 0 Å². The highest BCUT2D eigenvalue weighted by molar-refractivity contribution is 5.76. The Kier molecular flexibility index (Phi) is 9.28. The van der Waals surface area contributed by atoms with Gasteiger partial charge in [-0.25, -0.2) is 28.1 Å². The van der Waals surface area contributed by atoms with Crippen molar-refractivity contribution in [1.29, 1.82) is 0 Å². The minimum absolute atomic E-state index is 0.0619. The molecule has 6 aromatic rings. The van der Waals surface area contributed by atoms with Gasteiger partial charge in [-0.3, -0.25) is 14.3 Å². The number of imidazole rings is 1. The molecule has 12 heteroatoms. The lowest BCUT2D eigenvalue weighted by atomic mass is 9.91. The van der Waals surface area contributed by atoms with Crippen molar-refractivity contribution >= 4 is 16.7 Å². The van der Waals surface area contributed by atoms with E-state index in [1.54, 1.807) is 16.7 Å². The number of hydrogen-bond donors (Lipinski definition) is 1. The number of hydrogen-bond acceptors (Lipinski definition) is 7. The maximum Gasteiger partial charge on any atom is 0.337 e. The summed E-state index contributed by atoms with van der Waals surface area (Å²) < 4.78 is 38.1. The quantitative estimate of drug-likeness (QED) is 0.221. The molecule has 0 atom stereocenters. The third-order valence-corrected chi connectivity index (χ3v) is 10.1. The predicted octanol–water partition coefficient (Wildman–Crippen LogP) is 5.64. The van der Waals surface area contributed by atoms with Crippen molar-refractivity contribution in [3.05, 3.63) is 129 Å². The van der Waals surface area contributed by atoms with Crippen molar-refractivity contribution in [2.75, 3.05) is 26.3 Å². The molecular weight excluding hydrogens is 652 g/mol. The minimum Gasteiger partial charge on any atom is -0.380 e. The molecule has 1 saturated carbocycles. The van der Waals surface area contributed by atoms with Gasteiger partial charge < -0.3 is 14.5 Å². The molecule has 51 heavy (non-hydrogen) atoms. The van der Waals surface area contributed by atoms with E-state index in [4.69, 9.17) is 4.74 Å². The number of fused-ring (bicyclic) bond motifs is 2. The number of pyridine rings is 2. The van der Waals surface area contributed by atoms with Gasteiger partial charge in [-0.05, 0) is 79.1 Å². The normalized spacial score (nSPS) is 18.7. The molecule has 1 N–H and O–H groups in total. The zero-order valence-electron chi connectivity index (χ0n) is 28.2. The highest BCUT2D eigenvalue weighted by Gasteiger charge is 2.27. The Bertz CT molecular complexity index is 2300. The van der Waals surface area contributed by atoms with E-state index < -0.39 is 17.1 Å². The fraction of sp³-hybridized carbons (Fsp3) is 0.333. The summed E-state index contributed by atoms with van der Waals surface area (Å²) in [5, 5.41) is 3.59. The lowest BCUT2D eigenvalue weighted by molar-refractivity contribution is 0.140. The van der Waals surface area contributed by atoms with Crippen molar-refractivity contribution in [2.45, 2.75) is 57.3 Å². The van der Waals surface area contributed by atoms with E-state index in [0.717, 1.165) is 75.1 Å². The molecule has 5 heterocycles. The summed E-state index contributed by atoms with van der Waals surface area (Å²) in [5.74, 6) is -0.965. The Labute approximate surface area is 293 Å². The first-order chi connectivity index (χ1) is 24.9. The number of nitrogens with one attached hydrogen (secondary N) is 1. The second-order valence-electron chi connectivity index (χ2n) is 13.5. The Hall–Kier alpha value is -5.04. The topological polar surface area (TPSA) is 98.7 Å². The van der Waals surface area contributed by atoms with Gasteiger partial charge in [0.05, 0.1) is 29.6 Å². The highest BCUT2D eigenvalue weighted by Crippen LogP contribution is 2.29. The molecule has 0 amide bonds. The SMILES string of the molecule is O=c1c2cc(F)cnc2n(-c2cccc(-c3ccc(CN4CCCOCC4)cc3)c2)c(=O)n1C1CCC(NCc2cn3cc(F)ccc3n2)CC1.